The number of carbonyl (C=O) groups excluding carboxylic acids is 3. The van der Waals surface area contributed by atoms with Crippen molar-refractivity contribution < 1.29 is 36.7 Å². The summed E-state index contributed by atoms with van der Waals surface area (Å²) in [6.07, 6.45) is -2.27. The van der Waals surface area contributed by atoms with E-state index in [0.29, 0.717) is 0 Å². The van der Waals surface area contributed by atoms with E-state index < -0.39 is 73.6 Å². The zero-order valence-electron chi connectivity index (χ0n) is 27.3. The molecule has 41 heavy (non-hydrogen) atoms. The number of hydrogen-bond donors (Lipinski definition) is 0. The van der Waals surface area contributed by atoms with Crippen molar-refractivity contribution in [3.05, 3.63) is 37.0 Å². The molecular weight excluding hydrogens is 549 g/mol. The Morgan fingerprint density at radius 1 is 0.951 bits per heavy atom. The molecule has 236 valence electrons. The Hall–Kier alpha value is -2.00. The minimum Gasteiger partial charge on any atom is -0.451 e. The van der Waals surface area contributed by atoms with E-state index >= 15 is 0 Å². The first-order chi connectivity index (χ1) is 18.3. The molecule has 2 unspecified atom stereocenters. The second-order valence-electron chi connectivity index (χ2n) is 13.6. The van der Waals surface area contributed by atoms with Crippen molar-refractivity contribution in [2.45, 2.75) is 125 Å². The van der Waals surface area contributed by atoms with Gasteiger partial charge in [-0.05, 0) is 50.2 Å². The summed E-state index contributed by atoms with van der Waals surface area (Å²) in [5, 5.41) is -0.0629. The van der Waals surface area contributed by atoms with Gasteiger partial charge in [0.2, 0.25) is 0 Å². The molecule has 0 saturated carbocycles. The van der Waals surface area contributed by atoms with E-state index in [1.807, 2.05) is 13.8 Å². The smallest absolute Gasteiger partial charge is 0.412 e. The van der Waals surface area contributed by atoms with Gasteiger partial charge in [-0.15, -0.1) is 13.2 Å². The number of ketones is 2. The van der Waals surface area contributed by atoms with E-state index in [4.69, 9.17) is 9.16 Å². The highest BCUT2D eigenvalue weighted by molar-refractivity contribution is 6.74. The average Bonchev–Trinajstić information content (AvgIpc) is 2.81. The van der Waals surface area contributed by atoms with Crippen LogP contribution in [0.1, 0.15) is 88.5 Å². The van der Waals surface area contributed by atoms with Gasteiger partial charge in [0, 0.05) is 29.7 Å². The van der Waals surface area contributed by atoms with Gasteiger partial charge in [0.25, 0.3) is 0 Å². The summed E-state index contributed by atoms with van der Waals surface area (Å²) < 4.78 is 52.1. The van der Waals surface area contributed by atoms with Gasteiger partial charge in [0.15, 0.2) is 19.7 Å². The third-order valence-electron chi connectivity index (χ3n) is 8.92. The molecule has 0 aromatic heterocycles. The lowest BCUT2D eigenvalue weighted by molar-refractivity contribution is -0.166. The van der Waals surface area contributed by atoms with Crippen LogP contribution in [0.2, 0.25) is 18.1 Å². The Morgan fingerprint density at radius 2 is 1.46 bits per heavy atom. The molecule has 0 spiro atoms. The molecule has 0 aliphatic carbocycles. The van der Waals surface area contributed by atoms with Crippen molar-refractivity contribution in [1.29, 1.82) is 0 Å². The van der Waals surface area contributed by atoms with E-state index in [-0.39, 0.29) is 23.2 Å². The van der Waals surface area contributed by atoms with Gasteiger partial charge in [0.1, 0.15) is 5.78 Å². The minimum atomic E-state index is -4.60. The fourth-order valence-electron chi connectivity index (χ4n) is 4.14. The Kier molecular flexibility index (Phi) is 13.7. The molecule has 9 heteroatoms. The number of halogens is 3. The Bertz CT molecular complexity index is 990. The van der Waals surface area contributed by atoms with Crippen LogP contribution in [0.5, 0.6) is 0 Å². The first kappa shape index (κ1) is 39.0. The maximum absolute atomic E-state index is 13.9. The van der Waals surface area contributed by atoms with Crippen LogP contribution in [0, 0.1) is 23.2 Å². The number of allylic oxidation sites excluding steroid dienone is 2. The highest BCUT2D eigenvalue weighted by Crippen LogP contribution is 2.41. The molecule has 0 amide bonds. The van der Waals surface area contributed by atoms with Crippen molar-refractivity contribution in [3.8, 4) is 0 Å². The second kappa shape index (κ2) is 14.4. The Labute approximate surface area is 247 Å². The quantitative estimate of drug-likeness (QED) is 0.100. The molecule has 0 bridgehead atoms. The Morgan fingerprint density at radius 3 is 1.85 bits per heavy atom. The van der Waals surface area contributed by atoms with Crippen LogP contribution in [0.3, 0.4) is 0 Å². The predicted octanol–water partition coefficient (Wildman–Crippen LogP) is 8.80. The maximum Gasteiger partial charge on any atom is 0.412 e. The van der Waals surface area contributed by atoms with Gasteiger partial charge in [0.05, 0.1) is 6.10 Å². The number of ether oxygens (including phenoxy) is 1. The summed E-state index contributed by atoms with van der Waals surface area (Å²) in [5.74, 6) is -2.50. The normalized spacial score (nSPS) is 18.0. The summed E-state index contributed by atoms with van der Waals surface area (Å²) in [6.45, 7) is 29.5. The van der Waals surface area contributed by atoms with Crippen molar-refractivity contribution in [2.24, 2.45) is 23.2 Å². The molecule has 5 atom stereocenters. The van der Waals surface area contributed by atoms with Gasteiger partial charge in [-0.25, -0.2) is 0 Å². The monoisotopic (exact) mass is 602 g/mol. The summed E-state index contributed by atoms with van der Waals surface area (Å²) >= 11 is 0. The summed E-state index contributed by atoms with van der Waals surface area (Å²) in [7, 11) is -2.23. The van der Waals surface area contributed by atoms with Gasteiger partial charge in [-0.3, -0.25) is 14.4 Å². The van der Waals surface area contributed by atoms with Crippen molar-refractivity contribution >= 4 is 25.9 Å². The summed E-state index contributed by atoms with van der Waals surface area (Å²) in [6, 6.07) is 0. The molecule has 0 radical (unpaired) electrons. The van der Waals surface area contributed by atoms with Crippen LogP contribution in [-0.4, -0.2) is 43.7 Å². The van der Waals surface area contributed by atoms with Crippen LogP contribution < -0.4 is 0 Å². The van der Waals surface area contributed by atoms with Crippen molar-refractivity contribution in [2.75, 3.05) is 0 Å². The van der Waals surface area contributed by atoms with E-state index in [1.54, 1.807) is 26.8 Å². The molecule has 0 rings (SSSR count). The number of Topliss-reactive ketones (excluding diaryl/α,β-unsaturated/α-hetero) is 2. The lowest BCUT2D eigenvalue weighted by atomic mass is 9.69. The van der Waals surface area contributed by atoms with Gasteiger partial charge >= 0.3 is 12.1 Å². The van der Waals surface area contributed by atoms with Crippen LogP contribution in [0.15, 0.2) is 37.0 Å². The van der Waals surface area contributed by atoms with Crippen molar-refractivity contribution in [1.82, 2.24) is 0 Å². The standard InChI is InChI=1S/C32H53F3O5Si/c1-15-17-25(32(33,34)35)18-19-31(12,24(6)36)39-26(37)20-22(4)30(10,11)28(38)23(5)27(21(3)16-2)40-41(13,14)29(7,8)9/h15-16,18,21-23,27H,1-2,17,19-20H2,3-14H3/b25-18+/t21?,22-,23+,27-,31?/m0/s1. The second-order valence-corrected chi connectivity index (χ2v) is 18.4. The minimum absolute atomic E-state index is 0.0629. The first-order valence-electron chi connectivity index (χ1n) is 14.2. The van der Waals surface area contributed by atoms with Crippen LogP contribution in [0.4, 0.5) is 13.2 Å². The van der Waals surface area contributed by atoms with Gasteiger partial charge in [-0.1, -0.05) is 73.6 Å². The largest absolute Gasteiger partial charge is 0.451 e. The van der Waals surface area contributed by atoms with Gasteiger partial charge in [-0.2, -0.15) is 13.2 Å². The summed E-state index contributed by atoms with van der Waals surface area (Å²) in [5.41, 5.74) is -3.61. The maximum atomic E-state index is 13.9. The van der Waals surface area contributed by atoms with Crippen LogP contribution in [-0.2, 0) is 23.5 Å². The average molecular weight is 603 g/mol. The molecule has 0 N–H and O–H groups in total. The Balaban J connectivity index is 5.91. The highest BCUT2D eigenvalue weighted by atomic mass is 28.4. The fourth-order valence-corrected chi connectivity index (χ4v) is 5.59. The van der Waals surface area contributed by atoms with E-state index in [0.717, 1.165) is 12.2 Å². The van der Waals surface area contributed by atoms with Gasteiger partial charge < -0.3 is 9.16 Å². The third-order valence-corrected chi connectivity index (χ3v) is 13.4. The predicted molar refractivity (Wildman–Crippen MR) is 162 cm³/mol. The zero-order valence-corrected chi connectivity index (χ0v) is 28.3. The topological polar surface area (TPSA) is 69.7 Å². The number of alkyl halides is 3. The number of hydrogen-bond acceptors (Lipinski definition) is 5. The molecule has 0 aliphatic rings. The SMILES string of the molecule is C=CC/C(=C\CC(C)(OC(=O)C[C@H](C)C(C)(C)C(=O)[C@H](C)[C@@H](O[Si](C)(C)C(C)(C)C)C(C)C=C)C(C)=O)C(F)(F)F. The first-order valence-corrected chi connectivity index (χ1v) is 17.1. The molecule has 0 saturated heterocycles. The molecule has 0 fully saturated rings. The summed E-state index contributed by atoms with van der Waals surface area (Å²) in [4.78, 5) is 39.2. The molecule has 0 aromatic rings. The molecule has 0 heterocycles. The zero-order chi connectivity index (χ0) is 32.8. The van der Waals surface area contributed by atoms with Crippen molar-refractivity contribution in [3.63, 3.8) is 0 Å². The van der Waals surface area contributed by atoms with E-state index in [2.05, 4.69) is 47.0 Å². The number of esters is 1. The number of rotatable bonds is 16. The molecule has 0 aliphatic heterocycles. The third kappa shape index (κ3) is 10.6. The molecule has 0 aromatic carbocycles. The number of carbonyl (C=O) groups is 3. The highest BCUT2D eigenvalue weighted by Gasteiger charge is 2.46. The van der Waals surface area contributed by atoms with E-state index in [9.17, 15) is 27.6 Å². The van der Waals surface area contributed by atoms with E-state index in [1.165, 1.54) is 13.8 Å². The molecular formula is C32H53F3O5Si. The van der Waals surface area contributed by atoms with Crippen LogP contribution in [0.25, 0.3) is 0 Å². The lowest BCUT2D eigenvalue weighted by Crippen LogP contribution is -2.50. The molecule has 5 nitrogen and oxygen atoms in total. The van der Waals surface area contributed by atoms with Crippen LogP contribution >= 0.6 is 0 Å². The fraction of sp³-hybridized carbons (Fsp3) is 0.719. The lowest BCUT2D eigenvalue weighted by Gasteiger charge is -2.43.